The third-order valence-electron chi connectivity index (χ3n) is 5.44. The van der Waals surface area contributed by atoms with Crippen LogP contribution >= 0.6 is 11.6 Å². The average molecular weight is 386 g/mol. The Hall–Kier alpha value is -1.91. The lowest BCUT2D eigenvalue weighted by Crippen LogP contribution is -2.52. The topological polar surface area (TPSA) is 45.2 Å². The van der Waals surface area contributed by atoms with Crippen LogP contribution in [-0.4, -0.2) is 34.9 Å². The van der Waals surface area contributed by atoms with E-state index in [1.165, 1.54) is 5.56 Å². The zero-order valence-electron chi connectivity index (χ0n) is 16.1. The monoisotopic (exact) mass is 385 g/mol. The lowest BCUT2D eigenvalue weighted by molar-refractivity contribution is -0.137. The number of nitrogens with zero attached hydrogens (tertiary/aromatic N) is 2. The molecule has 0 bridgehead atoms. The van der Waals surface area contributed by atoms with Gasteiger partial charge in [-0.1, -0.05) is 29.8 Å². The fraction of sp³-hybridized carbons (Fsp3) is 0.455. The number of carbonyl (C=O) groups is 1. The van der Waals surface area contributed by atoms with Crippen molar-refractivity contribution in [2.24, 2.45) is 0 Å². The summed E-state index contributed by atoms with van der Waals surface area (Å²) < 4.78 is 0. The minimum atomic E-state index is -0.0965. The molecule has 4 nitrogen and oxygen atoms in total. The molecule has 144 valence electrons. The number of likely N-dealkylation sites (tertiary alicyclic amines) is 1. The Morgan fingerprint density at radius 2 is 2.11 bits per heavy atom. The Balaban J connectivity index is 1.70. The fourth-order valence-electron chi connectivity index (χ4n) is 3.88. The zero-order chi connectivity index (χ0) is 19.3. The molecule has 0 aliphatic carbocycles. The molecule has 1 fully saturated rings. The Morgan fingerprint density at radius 1 is 1.26 bits per heavy atom. The lowest BCUT2D eigenvalue weighted by atomic mass is 9.73. The summed E-state index contributed by atoms with van der Waals surface area (Å²) >= 11 is 6.07. The van der Waals surface area contributed by atoms with Crippen molar-refractivity contribution in [3.8, 4) is 0 Å². The molecular weight excluding hydrogens is 358 g/mol. The normalized spacial score (nSPS) is 20.3. The largest absolute Gasteiger partial charge is 0.339 e. The first kappa shape index (κ1) is 19.8. The van der Waals surface area contributed by atoms with Crippen molar-refractivity contribution in [3.05, 3.63) is 64.9 Å². The van der Waals surface area contributed by atoms with E-state index in [1.54, 1.807) is 0 Å². The molecule has 1 aromatic carbocycles. The van der Waals surface area contributed by atoms with Gasteiger partial charge in [0.05, 0.1) is 0 Å². The van der Waals surface area contributed by atoms with Gasteiger partial charge >= 0.3 is 0 Å². The molecule has 2 heterocycles. The van der Waals surface area contributed by atoms with E-state index in [2.05, 4.69) is 36.3 Å². The van der Waals surface area contributed by atoms with Crippen molar-refractivity contribution >= 4 is 17.5 Å². The zero-order valence-corrected chi connectivity index (χ0v) is 16.9. The van der Waals surface area contributed by atoms with E-state index in [4.69, 9.17) is 11.6 Å². The number of pyridine rings is 1. The van der Waals surface area contributed by atoms with Gasteiger partial charge in [0.1, 0.15) is 0 Å². The van der Waals surface area contributed by atoms with E-state index >= 15 is 0 Å². The standard InChI is InChI=1S/C22H28ClN3O/c1-17(2)26-16-22(10-9-21(26)27,20-8-3-4-12-25-20)11-13-24-15-18-6-5-7-19(23)14-18/h3-8,12,14,17,24H,9-11,13,15-16H2,1-2H3. The van der Waals surface area contributed by atoms with E-state index in [9.17, 15) is 4.79 Å². The quantitative estimate of drug-likeness (QED) is 0.727. The van der Waals surface area contributed by atoms with Crippen molar-refractivity contribution < 1.29 is 4.79 Å². The van der Waals surface area contributed by atoms with E-state index in [0.29, 0.717) is 6.42 Å². The summed E-state index contributed by atoms with van der Waals surface area (Å²) in [4.78, 5) is 19.0. The molecule has 1 aliphatic heterocycles. The van der Waals surface area contributed by atoms with Gasteiger partial charge in [-0.05, 0) is 63.1 Å². The number of hydrogen-bond donors (Lipinski definition) is 1. The van der Waals surface area contributed by atoms with Crippen LogP contribution in [0.1, 0.15) is 44.4 Å². The highest BCUT2D eigenvalue weighted by atomic mass is 35.5. The van der Waals surface area contributed by atoms with E-state index in [1.807, 2.05) is 41.4 Å². The first-order valence-electron chi connectivity index (χ1n) is 9.66. The number of halogens is 1. The Morgan fingerprint density at radius 3 is 2.81 bits per heavy atom. The van der Waals surface area contributed by atoms with Gasteiger partial charge in [-0.25, -0.2) is 0 Å². The van der Waals surface area contributed by atoms with Crippen LogP contribution in [-0.2, 0) is 16.8 Å². The summed E-state index contributed by atoms with van der Waals surface area (Å²) in [7, 11) is 0. The minimum absolute atomic E-state index is 0.0965. The summed E-state index contributed by atoms with van der Waals surface area (Å²) in [6.07, 6.45) is 4.24. The summed E-state index contributed by atoms with van der Waals surface area (Å²) in [6, 6.07) is 14.2. The minimum Gasteiger partial charge on any atom is -0.339 e. The maximum atomic E-state index is 12.4. The van der Waals surface area contributed by atoms with Crippen molar-refractivity contribution in [2.75, 3.05) is 13.1 Å². The van der Waals surface area contributed by atoms with Gasteiger partial charge in [0.25, 0.3) is 0 Å². The maximum absolute atomic E-state index is 12.4. The van der Waals surface area contributed by atoms with Gasteiger partial charge in [0, 0.05) is 47.9 Å². The number of aromatic nitrogens is 1. The molecule has 1 aromatic heterocycles. The molecule has 0 spiro atoms. The smallest absolute Gasteiger partial charge is 0.222 e. The van der Waals surface area contributed by atoms with E-state index in [0.717, 1.165) is 43.2 Å². The van der Waals surface area contributed by atoms with Crippen LogP contribution < -0.4 is 5.32 Å². The van der Waals surface area contributed by atoms with Crippen LogP contribution in [0.4, 0.5) is 0 Å². The molecule has 0 radical (unpaired) electrons. The SMILES string of the molecule is CC(C)N1CC(CCNCc2cccc(Cl)c2)(c2ccccn2)CCC1=O. The summed E-state index contributed by atoms with van der Waals surface area (Å²) in [5, 5.41) is 4.30. The first-order chi connectivity index (χ1) is 13.0. The highest BCUT2D eigenvalue weighted by Crippen LogP contribution is 2.37. The van der Waals surface area contributed by atoms with Crippen molar-refractivity contribution in [2.45, 2.75) is 51.1 Å². The number of hydrogen-bond acceptors (Lipinski definition) is 3. The molecule has 0 saturated carbocycles. The van der Waals surface area contributed by atoms with Gasteiger partial charge in [-0.2, -0.15) is 0 Å². The molecule has 1 atom stereocenters. The molecule has 27 heavy (non-hydrogen) atoms. The summed E-state index contributed by atoms with van der Waals surface area (Å²) in [6.45, 7) is 6.56. The van der Waals surface area contributed by atoms with Crippen LogP contribution in [0, 0.1) is 0 Å². The molecule has 1 amide bonds. The highest BCUT2D eigenvalue weighted by Gasteiger charge is 2.41. The van der Waals surface area contributed by atoms with E-state index < -0.39 is 0 Å². The second-order valence-electron chi connectivity index (χ2n) is 7.67. The van der Waals surface area contributed by atoms with Gasteiger partial charge in [0.15, 0.2) is 0 Å². The summed E-state index contributed by atoms with van der Waals surface area (Å²) in [5.41, 5.74) is 2.17. The Bertz CT molecular complexity index is 765. The van der Waals surface area contributed by atoms with Crippen LogP contribution in [0.3, 0.4) is 0 Å². The number of rotatable bonds is 7. The predicted molar refractivity (Wildman–Crippen MR) is 110 cm³/mol. The highest BCUT2D eigenvalue weighted by molar-refractivity contribution is 6.30. The maximum Gasteiger partial charge on any atom is 0.222 e. The Labute approximate surface area is 166 Å². The fourth-order valence-corrected chi connectivity index (χ4v) is 4.09. The van der Waals surface area contributed by atoms with Crippen molar-refractivity contribution in [1.29, 1.82) is 0 Å². The van der Waals surface area contributed by atoms with Crippen molar-refractivity contribution in [1.82, 2.24) is 15.2 Å². The Kier molecular flexibility index (Phi) is 6.51. The molecule has 2 aromatic rings. The van der Waals surface area contributed by atoms with Gasteiger partial charge < -0.3 is 10.2 Å². The summed E-state index contributed by atoms with van der Waals surface area (Å²) in [5.74, 6) is 0.253. The van der Waals surface area contributed by atoms with Gasteiger partial charge in [-0.3, -0.25) is 9.78 Å². The van der Waals surface area contributed by atoms with Gasteiger partial charge in [0.2, 0.25) is 5.91 Å². The van der Waals surface area contributed by atoms with Crippen LogP contribution in [0.25, 0.3) is 0 Å². The predicted octanol–water partition coefficient (Wildman–Crippen LogP) is 4.18. The number of carbonyl (C=O) groups excluding carboxylic acids is 1. The number of nitrogens with one attached hydrogen (secondary N) is 1. The third kappa shape index (κ3) is 4.88. The molecule has 3 rings (SSSR count). The molecule has 1 saturated heterocycles. The molecule has 1 unspecified atom stereocenters. The van der Waals surface area contributed by atoms with Crippen LogP contribution in [0.5, 0.6) is 0 Å². The molecule has 1 N–H and O–H groups in total. The van der Waals surface area contributed by atoms with Crippen LogP contribution in [0.15, 0.2) is 48.7 Å². The van der Waals surface area contributed by atoms with Crippen LogP contribution in [0.2, 0.25) is 5.02 Å². The lowest BCUT2D eigenvalue weighted by Gasteiger charge is -2.44. The second-order valence-corrected chi connectivity index (χ2v) is 8.10. The molecule has 1 aliphatic rings. The number of piperidine rings is 1. The number of benzene rings is 1. The van der Waals surface area contributed by atoms with E-state index in [-0.39, 0.29) is 17.4 Å². The van der Waals surface area contributed by atoms with Crippen molar-refractivity contribution in [3.63, 3.8) is 0 Å². The van der Waals surface area contributed by atoms with Gasteiger partial charge in [-0.15, -0.1) is 0 Å². The number of amides is 1. The first-order valence-corrected chi connectivity index (χ1v) is 10.0. The third-order valence-corrected chi connectivity index (χ3v) is 5.68. The average Bonchev–Trinajstić information content (AvgIpc) is 2.67. The second kappa shape index (κ2) is 8.85. The molecule has 5 heteroatoms. The molecular formula is C22H28ClN3O.